The molecule has 4 nitrogen and oxygen atoms in total. The summed E-state index contributed by atoms with van der Waals surface area (Å²) in [5.41, 5.74) is 2.57. The number of piperidine rings is 1. The number of aromatic nitrogens is 1. The highest BCUT2D eigenvalue weighted by molar-refractivity contribution is 6.31. The van der Waals surface area contributed by atoms with Crippen molar-refractivity contribution in [3.8, 4) is 11.1 Å². The van der Waals surface area contributed by atoms with Gasteiger partial charge in [-0.05, 0) is 43.0 Å². The average Bonchev–Trinajstić information content (AvgIpc) is 2.67. The van der Waals surface area contributed by atoms with Gasteiger partial charge in [-0.3, -0.25) is 0 Å². The van der Waals surface area contributed by atoms with Crippen LogP contribution in [0.4, 0.5) is 5.82 Å². The Bertz CT molecular complexity index is 967. The van der Waals surface area contributed by atoms with Crippen molar-refractivity contribution in [3.05, 3.63) is 59.1 Å². The van der Waals surface area contributed by atoms with E-state index in [0.29, 0.717) is 16.4 Å². The summed E-state index contributed by atoms with van der Waals surface area (Å²) in [4.78, 5) is 19.1. The first-order valence-corrected chi connectivity index (χ1v) is 9.20. The largest absolute Gasteiger partial charge is 0.478 e. The fourth-order valence-electron chi connectivity index (χ4n) is 3.66. The lowest BCUT2D eigenvalue weighted by molar-refractivity contribution is 0.0698. The van der Waals surface area contributed by atoms with E-state index in [9.17, 15) is 9.90 Å². The zero-order chi connectivity index (χ0) is 18.1. The van der Waals surface area contributed by atoms with Gasteiger partial charge in [0.15, 0.2) is 0 Å². The van der Waals surface area contributed by atoms with Gasteiger partial charge in [0.05, 0.1) is 5.52 Å². The number of rotatable bonds is 3. The summed E-state index contributed by atoms with van der Waals surface area (Å²) in [5.74, 6) is -0.398. The van der Waals surface area contributed by atoms with Gasteiger partial charge in [-0.1, -0.05) is 41.9 Å². The smallest absolute Gasteiger partial charge is 0.340 e. The summed E-state index contributed by atoms with van der Waals surface area (Å²) in [6.45, 7) is 1.67. The van der Waals surface area contributed by atoms with E-state index in [1.54, 1.807) is 12.1 Å². The number of pyridine rings is 1. The van der Waals surface area contributed by atoms with Gasteiger partial charge in [-0.25, -0.2) is 9.78 Å². The number of carboxylic acids is 1. The Hall–Kier alpha value is -2.59. The molecule has 4 rings (SSSR count). The van der Waals surface area contributed by atoms with Gasteiger partial charge in [-0.2, -0.15) is 0 Å². The minimum atomic E-state index is -0.959. The highest BCUT2D eigenvalue weighted by atomic mass is 35.5. The van der Waals surface area contributed by atoms with Crippen molar-refractivity contribution < 1.29 is 9.90 Å². The lowest BCUT2D eigenvalue weighted by atomic mass is 9.95. The van der Waals surface area contributed by atoms with Crippen molar-refractivity contribution in [2.45, 2.75) is 19.3 Å². The van der Waals surface area contributed by atoms with Crippen LogP contribution in [0.1, 0.15) is 29.6 Å². The van der Waals surface area contributed by atoms with Gasteiger partial charge >= 0.3 is 5.97 Å². The number of benzene rings is 2. The van der Waals surface area contributed by atoms with E-state index >= 15 is 0 Å². The highest BCUT2D eigenvalue weighted by Gasteiger charge is 2.26. The number of halogens is 1. The summed E-state index contributed by atoms with van der Waals surface area (Å²) in [5, 5.41) is 11.4. The molecule has 0 saturated carbocycles. The predicted molar refractivity (Wildman–Crippen MR) is 105 cm³/mol. The first kappa shape index (κ1) is 16.9. The molecule has 0 spiro atoms. The molecule has 1 fully saturated rings. The number of anilines is 1. The van der Waals surface area contributed by atoms with Crippen molar-refractivity contribution in [2.75, 3.05) is 18.0 Å². The molecule has 132 valence electrons. The van der Waals surface area contributed by atoms with Gasteiger partial charge in [0, 0.05) is 29.1 Å². The van der Waals surface area contributed by atoms with E-state index in [2.05, 4.69) is 4.90 Å². The maximum absolute atomic E-state index is 12.3. The van der Waals surface area contributed by atoms with E-state index in [0.717, 1.165) is 42.4 Å². The summed E-state index contributed by atoms with van der Waals surface area (Å²) in [6.07, 6.45) is 3.29. The Morgan fingerprint density at radius 3 is 2.46 bits per heavy atom. The van der Waals surface area contributed by atoms with Crippen molar-refractivity contribution in [2.24, 2.45) is 0 Å². The zero-order valence-electron chi connectivity index (χ0n) is 14.3. The van der Waals surface area contributed by atoms with Crippen molar-refractivity contribution in [3.63, 3.8) is 0 Å². The minimum absolute atomic E-state index is 0.257. The number of nitrogens with zero attached hydrogens (tertiary/aromatic N) is 2. The van der Waals surface area contributed by atoms with Crippen LogP contribution in [0.3, 0.4) is 0 Å². The number of carbonyl (C=O) groups is 1. The third-order valence-electron chi connectivity index (χ3n) is 4.86. The lowest BCUT2D eigenvalue weighted by Crippen LogP contribution is -2.32. The van der Waals surface area contributed by atoms with Crippen LogP contribution in [0.2, 0.25) is 5.02 Å². The second kappa shape index (κ2) is 6.96. The van der Waals surface area contributed by atoms with Gasteiger partial charge in [0.1, 0.15) is 11.4 Å². The van der Waals surface area contributed by atoms with Gasteiger partial charge in [0.25, 0.3) is 0 Å². The van der Waals surface area contributed by atoms with Crippen molar-refractivity contribution >= 4 is 34.3 Å². The molecule has 5 heteroatoms. The molecule has 0 bridgehead atoms. The van der Waals surface area contributed by atoms with Crippen molar-refractivity contribution in [1.29, 1.82) is 0 Å². The van der Waals surface area contributed by atoms with Gasteiger partial charge < -0.3 is 10.0 Å². The number of carboxylic acid groups (broad SMARTS) is 1. The third-order valence-corrected chi connectivity index (χ3v) is 5.09. The summed E-state index contributed by atoms with van der Waals surface area (Å²) >= 11 is 6.21. The maximum atomic E-state index is 12.3. The molecule has 26 heavy (non-hydrogen) atoms. The molecule has 1 aliphatic heterocycles. The molecule has 1 aromatic heterocycles. The quantitative estimate of drug-likeness (QED) is 0.688. The topological polar surface area (TPSA) is 53.4 Å². The third kappa shape index (κ3) is 3.01. The molecule has 1 aliphatic rings. The van der Waals surface area contributed by atoms with Crippen LogP contribution in [-0.4, -0.2) is 29.1 Å². The number of hydrogen-bond acceptors (Lipinski definition) is 3. The van der Waals surface area contributed by atoms with Crippen LogP contribution in [0, 0.1) is 0 Å². The fraction of sp³-hybridized carbons (Fsp3) is 0.238. The van der Waals surface area contributed by atoms with E-state index < -0.39 is 5.97 Å². The van der Waals surface area contributed by atoms with Crippen LogP contribution < -0.4 is 4.90 Å². The number of hydrogen-bond donors (Lipinski definition) is 1. The predicted octanol–water partition coefficient (Wildman–Crippen LogP) is 5.24. The fourth-order valence-corrected chi connectivity index (χ4v) is 3.84. The summed E-state index contributed by atoms with van der Waals surface area (Å²) < 4.78 is 0. The minimum Gasteiger partial charge on any atom is -0.478 e. The second-order valence-electron chi connectivity index (χ2n) is 6.57. The molecule has 1 N–H and O–H groups in total. The molecule has 0 unspecified atom stereocenters. The Balaban J connectivity index is 2.07. The Morgan fingerprint density at radius 2 is 1.77 bits per heavy atom. The maximum Gasteiger partial charge on any atom is 0.340 e. The standard InChI is InChI=1S/C21H19ClN2O2/c22-15-9-10-17-16(13-15)18(14-7-3-1-4-8-14)19(21(25)26)20(23-17)24-11-5-2-6-12-24/h1,3-4,7-10,13H,2,5-6,11-12H2,(H,25,26). The van der Waals surface area contributed by atoms with Crippen molar-refractivity contribution in [1.82, 2.24) is 4.98 Å². The van der Waals surface area contributed by atoms with Crippen LogP contribution in [0.15, 0.2) is 48.5 Å². The highest BCUT2D eigenvalue weighted by Crippen LogP contribution is 2.38. The first-order chi connectivity index (χ1) is 12.6. The first-order valence-electron chi connectivity index (χ1n) is 8.82. The number of aromatic carboxylic acids is 1. The van der Waals surface area contributed by atoms with Crippen LogP contribution in [0.25, 0.3) is 22.0 Å². The molecular formula is C21H19ClN2O2. The normalized spacial score (nSPS) is 14.6. The molecule has 0 amide bonds. The zero-order valence-corrected chi connectivity index (χ0v) is 15.0. The SMILES string of the molecule is O=C(O)c1c(N2CCCCC2)nc2ccc(Cl)cc2c1-c1ccccc1. The Kier molecular flexibility index (Phi) is 4.51. The van der Waals surface area contributed by atoms with E-state index in [4.69, 9.17) is 16.6 Å². The summed E-state index contributed by atoms with van der Waals surface area (Å²) in [6, 6.07) is 15.1. The van der Waals surface area contributed by atoms with Crippen LogP contribution in [-0.2, 0) is 0 Å². The van der Waals surface area contributed by atoms with Crippen LogP contribution in [0.5, 0.6) is 0 Å². The second-order valence-corrected chi connectivity index (χ2v) is 7.00. The van der Waals surface area contributed by atoms with E-state index in [1.807, 2.05) is 36.4 Å². The molecule has 0 aliphatic carbocycles. The summed E-state index contributed by atoms with van der Waals surface area (Å²) in [7, 11) is 0. The Labute approximate surface area is 157 Å². The molecule has 0 atom stereocenters. The monoisotopic (exact) mass is 366 g/mol. The Morgan fingerprint density at radius 1 is 1.04 bits per heavy atom. The molecule has 2 aromatic carbocycles. The van der Waals surface area contributed by atoms with E-state index in [-0.39, 0.29) is 5.56 Å². The molecule has 2 heterocycles. The van der Waals surface area contributed by atoms with Gasteiger partial charge in [0.2, 0.25) is 0 Å². The van der Waals surface area contributed by atoms with Gasteiger partial charge in [-0.15, -0.1) is 0 Å². The molecular weight excluding hydrogens is 348 g/mol. The molecule has 1 saturated heterocycles. The molecule has 3 aromatic rings. The van der Waals surface area contributed by atoms with Crippen LogP contribution >= 0.6 is 11.6 Å². The average molecular weight is 367 g/mol. The lowest BCUT2D eigenvalue weighted by Gasteiger charge is -2.30. The number of fused-ring (bicyclic) bond motifs is 1. The van der Waals surface area contributed by atoms with E-state index in [1.165, 1.54) is 6.42 Å². The molecule has 0 radical (unpaired) electrons.